The fourth-order valence-corrected chi connectivity index (χ4v) is 1.02. The van der Waals surface area contributed by atoms with Crippen molar-refractivity contribution in [2.24, 2.45) is 0 Å². The summed E-state index contributed by atoms with van der Waals surface area (Å²) in [6.45, 7) is 11.1. The highest BCUT2D eigenvalue weighted by Crippen LogP contribution is 2.37. The van der Waals surface area contributed by atoms with Gasteiger partial charge in [-0.2, -0.15) is 0 Å². The van der Waals surface area contributed by atoms with E-state index in [4.69, 9.17) is 9.68 Å². The van der Waals surface area contributed by atoms with Gasteiger partial charge in [-0.3, -0.25) is 9.68 Å². The molecule has 0 aromatic carbocycles. The van der Waals surface area contributed by atoms with E-state index >= 15 is 0 Å². The predicted molar refractivity (Wildman–Crippen MR) is 47.3 cm³/mol. The molecule has 1 rings (SSSR count). The maximum Gasteiger partial charge on any atom is 0.117 e. The second kappa shape index (κ2) is 2.98. The molecule has 1 heterocycles. The van der Waals surface area contributed by atoms with Gasteiger partial charge in [-0.25, -0.2) is 0 Å². The molecule has 0 bridgehead atoms. The molecule has 0 radical (unpaired) electrons. The van der Waals surface area contributed by atoms with Crippen LogP contribution in [0, 0.1) is 0 Å². The third-order valence-corrected chi connectivity index (χ3v) is 2.52. The largest absolute Gasteiger partial charge is 0.265 e. The quantitative estimate of drug-likeness (QED) is 0.638. The van der Waals surface area contributed by atoms with Gasteiger partial charge in [0.1, 0.15) is 11.2 Å². The van der Waals surface area contributed by atoms with Gasteiger partial charge < -0.3 is 0 Å². The Bertz CT molecular complexity index is 150. The Morgan fingerprint density at radius 3 is 1.75 bits per heavy atom. The van der Waals surface area contributed by atoms with E-state index in [1.54, 1.807) is 5.23 Å². The van der Waals surface area contributed by atoms with Crippen LogP contribution in [0.3, 0.4) is 0 Å². The van der Waals surface area contributed by atoms with Crippen LogP contribution >= 0.6 is 0 Å². The molecule has 1 aliphatic rings. The van der Waals surface area contributed by atoms with Gasteiger partial charge in [0.15, 0.2) is 0 Å². The fourth-order valence-electron chi connectivity index (χ4n) is 1.02. The first kappa shape index (κ1) is 9.96. The molecule has 3 nitrogen and oxygen atoms in total. The summed E-state index contributed by atoms with van der Waals surface area (Å²) in [7, 11) is 0. The summed E-state index contributed by atoms with van der Waals surface area (Å²) in [5.41, 5.74) is -0.468. The molecule has 1 saturated heterocycles. The lowest BCUT2D eigenvalue weighted by Gasteiger charge is -2.27. The third kappa shape index (κ3) is 1.63. The Hall–Kier alpha value is -0.120. The highest BCUT2D eigenvalue weighted by molar-refractivity contribution is 4.90. The van der Waals surface area contributed by atoms with Gasteiger partial charge in [0.05, 0.1) is 6.54 Å². The molecule has 0 spiro atoms. The minimum absolute atomic E-state index is 0.234. The average molecular weight is 173 g/mol. The molecule has 3 heteroatoms. The second-order valence-electron chi connectivity index (χ2n) is 4.26. The Labute approximate surface area is 74.5 Å². The van der Waals surface area contributed by atoms with Gasteiger partial charge in [-0.1, -0.05) is 12.2 Å². The molecule has 0 aliphatic carbocycles. The van der Waals surface area contributed by atoms with Crippen LogP contribution in [0.15, 0.2) is 0 Å². The SMILES string of the molecule is CCCN1OC(C)(C)C(C)(C)O1. The number of hydroxylamine groups is 2. The third-order valence-electron chi connectivity index (χ3n) is 2.52. The van der Waals surface area contributed by atoms with Crippen molar-refractivity contribution in [3.05, 3.63) is 0 Å². The molecule has 0 aromatic heterocycles. The van der Waals surface area contributed by atoms with E-state index in [-0.39, 0.29) is 11.2 Å². The smallest absolute Gasteiger partial charge is 0.117 e. The molecule has 0 atom stereocenters. The Morgan fingerprint density at radius 2 is 1.42 bits per heavy atom. The lowest BCUT2D eigenvalue weighted by molar-refractivity contribution is -0.327. The number of hydrogen-bond donors (Lipinski definition) is 0. The lowest BCUT2D eigenvalue weighted by Crippen LogP contribution is -2.41. The van der Waals surface area contributed by atoms with Crippen molar-refractivity contribution >= 4 is 0 Å². The highest BCUT2D eigenvalue weighted by atomic mass is 17.0. The average Bonchev–Trinajstić information content (AvgIpc) is 2.02. The summed E-state index contributed by atoms with van der Waals surface area (Å²) >= 11 is 0. The fraction of sp³-hybridized carbons (Fsp3) is 1.00. The first-order valence-electron chi connectivity index (χ1n) is 4.55. The van der Waals surface area contributed by atoms with Crippen molar-refractivity contribution in [3.8, 4) is 0 Å². The molecule has 1 fully saturated rings. The monoisotopic (exact) mass is 173 g/mol. The van der Waals surface area contributed by atoms with Gasteiger partial charge in [-0.15, -0.1) is 0 Å². The first-order chi connectivity index (χ1) is 5.39. The Balaban J connectivity index is 2.61. The molecule has 0 saturated carbocycles. The van der Waals surface area contributed by atoms with Crippen molar-refractivity contribution in [3.63, 3.8) is 0 Å². The van der Waals surface area contributed by atoms with Gasteiger partial charge in [0.2, 0.25) is 0 Å². The zero-order valence-electron chi connectivity index (χ0n) is 8.68. The van der Waals surface area contributed by atoms with Crippen LogP contribution in [-0.2, 0) is 9.68 Å². The van der Waals surface area contributed by atoms with Gasteiger partial charge in [0.25, 0.3) is 0 Å². The Kier molecular flexibility index (Phi) is 2.47. The second-order valence-corrected chi connectivity index (χ2v) is 4.26. The van der Waals surface area contributed by atoms with E-state index in [1.807, 2.05) is 27.7 Å². The zero-order chi connectivity index (χ0) is 9.41. The molecule has 0 N–H and O–H groups in total. The maximum atomic E-state index is 5.62. The van der Waals surface area contributed by atoms with Crippen molar-refractivity contribution < 1.29 is 9.68 Å². The van der Waals surface area contributed by atoms with Gasteiger partial charge >= 0.3 is 0 Å². The van der Waals surface area contributed by atoms with Crippen LogP contribution in [-0.4, -0.2) is 23.0 Å². The minimum atomic E-state index is -0.234. The summed E-state index contributed by atoms with van der Waals surface area (Å²) in [4.78, 5) is 11.2. The van der Waals surface area contributed by atoms with Crippen molar-refractivity contribution in [2.45, 2.75) is 52.2 Å². The summed E-state index contributed by atoms with van der Waals surface area (Å²) in [5, 5.41) is 1.60. The van der Waals surface area contributed by atoms with E-state index < -0.39 is 0 Å². The molecule has 0 aromatic rings. The van der Waals surface area contributed by atoms with Crippen LogP contribution in [0.5, 0.6) is 0 Å². The molecular weight excluding hydrogens is 154 g/mol. The topological polar surface area (TPSA) is 21.7 Å². The Morgan fingerprint density at radius 1 is 1.00 bits per heavy atom. The molecule has 1 aliphatic heterocycles. The predicted octanol–water partition coefficient (Wildman–Crippen LogP) is 2.13. The highest BCUT2D eigenvalue weighted by Gasteiger charge is 2.49. The lowest BCUT2D eigenvalue weighted by atomic mass is 9.90. The molecule has 12 heavy (non-hydrogen) atoms. The van der Waals surface area contributed by atoms with Crippen molar-refractivity contribution in [1.82, 2.24) is 5.23 Å². The van der Waals surface area contributed by atoms with Crippen LogP contribution in [0.4, 0.5) is 0 Å². The summed E-state index contributed by atoms with van der Waals surface area (Å²) < 4.78 is 0. The van der Waals surface area contributed by atoms with Crippen LogP contribution in [0.2, 0.25) is 0 Å². The minimum Gasteiger partial charge on any atom is -0.265 e. The summed E-state index contributed by atoms with van der Waals surface area (Å²) in [5.74, 6) is 0. The molecular formula is C9H19NO2. The van der Waals surface area contributed by atoms with Gasteiger partial charge in [-0.05, 0) is 34.1 Å². The van der Waals surface area contributed by atoms with E-state index in [0.29, 0.717) is 0 Å². The number of rotatable bonds is 2. The number of nitrogens with zero attached hydrogens (tertiary/aromatic N) is 1. The number of hydrogen-bond acceptors (Lipinski definition) is 3. The van der Waals surface area contributed by atoms with Crippen LogP contribution < -0.4 is 0 Å². The normalized spacial score (nSPS) is 27.8. The molecule has 0 amide bonds. The van der Waals surface area contributed by atoms with Crippen molar-refractivity contribution in [1.29, 1.82) is 0 Å². The van der Waals surface area contributed by atoms with Gasteiger partial charge in [0, 0.05) is 0 Å². The molecule has 0 unspecified atom stereocenters. The summed E-state index contributed by atoms with van der Waals surface area (Å²) in [6.07, 6.45) is 1.03. The van der Waals surface area contributed by atoms with Crippen LogP contribution in [0.25, 0.3) is 0 Å². The standard InChI is InChI=1S/C9H19NO2/c1-6-7-10-11-8(2,3)9(4,5)12-10/h6-7H2,1-5H3. The van der Waals surface area contributed by atoms with E-state index in [0.717, 1.165) is 13.0 Å². The summed E-state index contributed by atoms with van der Waals surface area (Å²) in [6, 6.07) is 0. The maximum absolute atomic E-state index is 5.62. The van der Waals surface area contributed by atoms with E-state index in [9.17, 15) is 0 Å². The van der Waals surface area contributed by atoms with E-state index in [1.165, 1.54) is 0 Å². The zero-order valence-corrected chi connectivity index (χ0v) is 8.68. The van der Waals surface area contributed by atoms with E-state index in [2.05, 4.69) is 6.92 Å². The molecule has 72 valence electrons. The van der Waals surface area contributed by atoms with Crippen LogP contribution in [0.1, 0.15) is 41.0 Å². The van der Waals surface area contributed by atoms with Crippen molar-refractivity contribution in [2.75, 3.05) is 6.54 Å². The first-order valence-corrected chi connectivity index (χ1v) is 4.55.